The molecule has 98 valence electrons. The highest BCUT2D eigenvalue weighted by Crippen LogP contribution is 2.03. The highest BCUT2D eigenvalue weighted by atomic mass is 32.3. The molecule has 0 aromatic rings. The molecule has 0 aromatic heterocycles. The van der Waals surface area contributed by atoms with Gasteiger partial charge in [-0.05, 0) is 6.92 Å². The number of carbonyl (C=O) groups is 1. The Morgan fingerprint density at radius 3 is 2.24 bits per heavy atom. The molecule has 17 heavy (non-hydrogen) atoms. The quantitative estimate of drug-likeness (QED) is 0.476. The van der Waals surface area contributed by atoms with E-state index in [0.29, 0.717) is 5.41 Å². The van der Waals surface area contributed by atoms with Crippen molar-refractivity contribution in [2.45, 2.75) is 6.92 Å². The van der Waals surface area contributed by atoms with Crippen LogP contribution in [0.25, 0.3) is 0 Å². The van der Waals surface area contributed by atoms with Crippen molar-refractivity contribution in [3.05, 3.63) is 24.1 Å². The summed E-state index contributed by atoms with van der Waals surface area (Å²) < 4.78 is 52.0. The van der Waals surface area contributed by atoms with Crippen molar-refractivity contribution in [2.75, 3.05) is 12.4 Å². The lowest BCUT2D eigenvalue weighted by Gasteiger charge is -2.04. The summed E-state index contributed by atoms with van der Waals surface area (Å²) >= 11 is 0. The molecule has 0 saturated carbocycles. The van der Waals surface area contributed by atoms with E-state index in [-0.39, 0.29) is 5.57 Å². The van der Waals surface area contributed by atoms with E-state index in [0.717, 1.165) is 0 Å². The number of rotatable bonds is 7. The molecular weight excluding hydrogens is 272 g/mol. The maximum atomic E-state index is 11.1. The van der Waals surface area contributed by atoms with Crippen LogP contribution < -0.4 is 0 Å². The molecule has 0 saturated heterocycles. The van der Waals surface area contributed by atoms with E-state index >= 15 is 0 Å². The van der Waals surface area contributed by atoms with Gasteiger partial charge in [-0.2, -0.15) is 16.8 Å². The number of ether oxygens (including phenoxy) is 1. The van der Waals surface area contributed by atoms with Crippen LogP contribution in [0.4, 0.5) is 0 Å². The van der Waals surface area contributed by atoms with Crippen LogP contribution >= 0.6 is 0 Å². The molecule has 0 aliphatic heterocycles. The summed E-state index contributed by atoms with van der Waals surface area (Å²) in [6.07, 6.45) is 0. The highest BCUT2D eigenvalue weighted by molar-refractivity contribution is 8.01. The molecule has 0 rings (SSSR count). The zero-order chi connectivity index (χ0) is 13.7. The van der Waals surface area contributed by atoms with Gasteiger partial charge < -0.3 is 4.74 Å². The largest absolute Gasteiger partial charge is 0.461 e. The van der Waals surface area contributed by atoms with E-state index in [4.69, 9.17) is 0 Å². The second-order valence-corrected chi connectivity index (χ2v) is 6.29. The lowest BCUT2D eigenvalue weighted by molar-refractivity contribution is -0.138. The van der Waals surface area contributed by atoms with Gasteiger partial charge in [0, 0.05) is 5.57 Å². The minimum Gasteiger partial charge on any atom is -0.461 e. The molecule has 0 fully saturated rings. The van der Waals surface area contributed by atoms with E-state index < -0.39 is 38.6 Å². The Kier molecular flexibility index (Phi) is 5.52. The fourth-order valence-electron chi connectivity index (χ4n) is 0.566. The van der Waals surface area contributed by atoms with Crippen LogP contribution in [0.2, 0.25) is 0 Å². The first-order chi connectivity index (χ1) is 7.59. The first-order valence-electron chi connectivity index (χ1n) is 4.23. The third-order valence-corrected chi connectivity index (χ3v) is 3.98. The third kappa shape index (κ3) is 6.87. The molecule has 0 heterocycles. The second-order valence-electron chi connectivity index (χ2n) is 2.91. The maximum absolute atomic E-state index is 11.1. The first-order valence-corrected chi connectivity index (χ1v) is 7.28. The van der Waals surface area contributed by atoms with Crippen LogP contribution in [0, 0.1) is 0 Å². The summed E-state index contributed by atoms with van der Waals surface area (Å²) in [4.78, 5) is 10.9. The first kappa shape index (κ1) is 15.8. The van der Waals surface area contributed by atoms with Crippen molar-refractivity contribution in [3.63, 3.8) is 0 Å². The van der Waals surface area contributed by atoms with Gasteiger partial charge in [0.15, 0.2) is 0 Å². The monoisotopic (exact) mass is 284 g/mol. The molecule has 0 N–H and O–H groups in total. The summed E-state index contributed by atoms with van der Waals surface area (Å²) in [6, 6.07) is 0. The molecule has 0 radical (unpaired) electrons. The van der Waals surface area contributed by atoms with Crippen LogP contribution in [0.1, 0.15) is 6.92 Å². The van der Waals surface area contributed by atoms with Gasteiger partial charge in [0.1, 0.15) is 12.4 Å². The molecule has 0 bridgehead atoms. The molecule has 0 spiro atoms. The lowest BCUT2D eigenvalue weighted by atomic mass is 10.4. The third-order valence-electron chi connectivity index (χ3n) is 1.32. The molecule has 0 atom stereocenters. The normalized spacial score (nSPS) is 11.8. The molecule has 0 aromatic carbocycles. The second kappa shape index (κ2) is 5.94. The van der Waals surface area contributed by atoms with Crippen LogP contribution in [0.5, 0.6) is 0 Å². The fourth-order valence-corrected chi connectivity index (χ4v) is 2.50. The van der Waals surface area contributed by atoms with Crippen molar-refractivity contribution < 1.29 is 30.0 Å². The van der Waals surface area contributed by atoms with E-state index in [1.165, 1.54) is 6.92 Å². The minimum atomic E-state index is -4.34. The molecule has 0 amide bonds. The van der Waals surface area contributed by atoms with Crippen LogP contribution in [-0.2, 0) is 33.4 Å². The smallest absolute Gasteiger partial charge is 0.333 e. The maximum Gasteiger partial charge on any atom is 0.333 e. The van der Waals surface area contributed by atoms with Gasteiger partial charge >= 0.3 is 16.1 Å². The van der Waals surface area contributed by atoms with E-state index in [9.17, 15) is 21.6 Å². The van der Waals surface area contributed by atoms with E-state index in [2.05, 4.69) is 21.5 Å². The lowest BCUT2D eigenvalue weighted by Crippen LogP contribution is -2.19. The molecule has 9 heteroatoms. The summed E-state index contributed by atoms with van der Waals surface area (Å²) in [5, 5.41) is 0.352. The average Bonchev–Trinajstić information content (AvgIpc) is 2.15. The van der Waals surface area contributed by atoms with E-state index in [1.807, 2.05) is 0 Å². The van der Waals surface area contributed by atoms with Crippen LogP contribution in [0.3, 0.4) is 0 Å². The molecule has 0 unspecified atom stereocenters. The zero-order valence-electron chi connectivity index (χ0n) is 9.08. The fraction of sp³-hybridized carbons (Fsp3) is 0.375. The number of hydrogen-bond acceptors (Lipinski definition) is 7. The van der Waals surface area contributed by atoms with Gasteiger partial charge in [0.2, 0.25) is 0 Å². The number of esters is 1. The standard InChI is InChI=1S/C8H12O7S2/c1-4-16(10,11)15-17(12,13)6-5-14-8(9)7(2)3/h4H,1-2,5-6H2,3H3. The van der Waals surface area contributed by atoms with Gasteiger partial charge in [-0.1, -0.05) is 13.2 Å². The van der Waals surface area contributed by atoms with Crippen molar-refractivity contribution in [1.29, 1.82) is 0 Å². The molecule has 0 aliphatic rings. The Balaban J connectivity index is 4.36. The number of carbonyl (C=O) groups excluding carboxylic acids is 1. The summed E-state index contributed by atoms with van der Waals surface area (Å²) in [5.74, 6) is -1.55. The highest BCUT2D eigenvalue weighted by Gasteiger charge is 2.20. The number of hydrogen-bond donors (Lipinski definition) is 0. The van der Waals surface area contributed by atoms with Crippen LogP contribution in [0.15, 0.2) is 24.1 Å². The van der Waals surface area contributed by atoms with Crippen molar-refractivity contribution in [3.8, 4) is 0 Å². The Morgan fingerprint density at radius 1 is 1.29 bits per heavy atom. The van der Waals surface area contributed by atoms with Crippen LogP contribution in [-0.4, -0.2) is 35.2 Å². The molecule has 0 aliphatic carbocycles. The van der Waals surface area contributed by atoms with Crippen molar-refractivity contribution in [2.24, 2.45) is 0 Å². The average molecular weight is 284 g/mol. The minimum absolute atomic E-state index is 0.0991. The predicted molar refractivity (Wildman–Crippen MR) is 59.8 cm³/mol. The Bertz CT molecular complexity index is 512. The van der Waals surface area contributed by atoms with Gasteiger partial charge in [-0.3, -0.25) is 0 Å². The predicted octanol–water partition coefficient (Wildman–Crippen LogP) is -0.0746. The SMILES string of the molecule is C=CS(=O)(=O)OS(=O)(=O)CCOC(=O)C(=C)C. The summed E-state index contributed by atoms with van der Waals surface area (Å²) in [7, 11) is -8.67. The topological polar surface area (TPSA) is 104 Å². The van der Waals surface area contributed by atoms with Gasteiger partial charge in [0.25, 0.3) is 10.1 Å². The Labute approximate surface area is 100.0 Å². The summed E-state index contributed by atoms with van der Waals surface area (Å²) in [5.41, 5.74) is 0.0991. The zero-order valence-corrected chi connectivity index (χ0v) is 10.7. The van der Waals surface area contributed by atoms with E-state index in [1.54, 1.807) is 0 Å². The summed E-state index contributed by atoms with van der Waals surface area (Å²) in [6.45, 7) is 7.01. The Hall–Kier alpha value is -1.19. The van der Waals surface area contributed by atoms with Gasteiger partial charge in [0.05, 0.1) is 5.41 Å². The van der Waals surface area contributed by atoms with Gasteiger partial charge in [-0.25, -0.2) is 4.79 Å². The van der Waals surface area contributed by atoms with Crippen molar-refractivity contribution >= 4 is 26.2 Å². The molecular formula is C8H12O7S2. The van der Waals surface area contributed by atoms with Gasteiger partial charge in [-0.15, -0.1) is 3.63 Å². The van der Waals surface area contributed by atoms with Crippen molar-refractivity contribution in [1.82, 2.24) is 0 Å². The Morgan fingerprint density at radius 2 is 1.82 bits per heavy atom. The molecule has 7 nitrogen and oxygen atoms in total.